The topological polar surface area (TPSA) is 59.7 Å². The van der Waals surface area contributed by atoms with E-state index >= 15 is 0 Å². The van der Waals surface area contributed by atoms with Gasteiger partial charge < -0.3 is 9.47 Å². The second-order valence-electron chi connectivity index (χ2n) is 6.53. The van der Waals surface area contributed by atoms with Gasteiger partial charge in [-0.05, 0) is 26.7 Å². The Morgan fingerprint density at radius 1 is 1.09 bits per heavy atom. The Labute approximate surface area is 135 Å². The lowest BCUT2D eigenvalue weighted by atomic mass is 9.96. The molecular formula is C15H24N6S. The van der Waals surface area contributed by atoms with Crippen molar-refractivity contribution in [3.05, 3.63) is 17.2 Å². The molecule has 120 valence electrons. The fraction of sp³-hybridized carbons (Fsp3) is 0.733. The number of hydrogen-bond acceptors (Lipinski definition) is 6. The van der Waals surface area contributed by atoms with Crippen molar-refractivity contribution in [2.75, 3.05) is 18.0 Å². The number of aromatic nitrogens is 5. The summed E-state index contributed by atoms with van der Waals surface area (Å²) >= 11 is 1.72. The van der Waals surface area contributed by atoms with Gasteiger partial charge in [-0.25, -0.2) is 0 Å². The molecule has 0 radical (unpaired) electrons. The number of anilines is 1. The van der Waals surface area contributed by atoms with E-state index in [-0.39, 0.29) is 0 Å². The first-order chi connectivity index (χ1) is 10.6. The van der Waals surface area contributed by atoms with Crippen LogP contribution in [0.5, 0.6) is 0 Å². The molecule has 1 fully saturated rings. The zero-order valence-electron chi connectivity index (χ0n) is 13.7. The molecule has 0 aromatic carbocycles. The van der Waals surface area contributed by atoms with Crippen molar-refractivity contribution < 1.29 is 0 Å². The molecular weight excluding hydrogens is 296 g/mol. The summed E-state index contributed by atoms with van der Waals surface area (Å²) in [5.41, 5.74) is 0. The van der Waals surface area contributed by atoms with Crippen molar-refractivity contribution >= 4 is 16.5 Å². The Kier molecular flexibility index (Phi) is 4.42. The van der Waals surface area contributed by atoms with Crippen LogP contribution in [-0.4, -0.2) is 38.1 Å². The second kappa shape index (κ2) is 6.32. The largest absolute Gasteiger partial charge is 0.347 e. The summed E-state index contributed by atoms with van der Waals surface area (Å²) in [7, 11) is 0. The molecule has 3 rings (SSSR count). The van der Waals surface area contributed by atoms with Crippen molar-refractivity contribution in [1.29, 1.82) is 0 Å². The highest BCUT2D eigenvalue weighted by Crippen LogP contribution is 2.32. The Balaban J connectivity index is 1.66. The number of rotatable bonds is 4. The minimum atomic E-state index is 0.416. The lowest BCUT2D eigenvalue weighted by Crippen LogP contribution is -2.33. The van der Waals surface area contributed by atoms with Gasteiger partial charge in [-0.1, -0.05) is 25.2 Å². The molecule has 0 atom stereocenters. The Morgan fingerprint density at radius 2 is 1.82 bits per heavy atom. The molecule has 1 aliphatic heterocycles. The first-order valence-corrected chi connectivity index (χ1v) is 8.85. The Hall–Kier alpha value is -1.50. The molecule has 22 heavy (non-hydrogen) atoms. The molecule has 1 saturated heterocycles. The molecule has 7 heteroatoms. The molecule has 2 aromatic heterocycles. The van der Waals surface area contributed by atoms with E-state index in [0.717, 1.165) is 41.9 Å². The summed E-state index contributed by atoms with van der Waals surface area (Å²) in [5, 5.41) is 19.3. The van der Waals surface area contributed by atoms with Crippen LogP contribution in [0.15, 0.2) is 6.33 Å². The monoisotopic (exact) mass is 320 g/mol. The van der Waals surface area contributed by atoms with Crippen molar-refractivity contribution in [2.45, 2.75) is 58.4 Å². The van der Waals surface area contributed by atoms with Crippen molar-refractivity contribution in [3.8, 4) is 0 Å². The Morgan fingerprint density at radius 3 is 2.41 bits per heavy atom. The predicted molar refractivity (Wildman–Crippen MR) is 88.6 cm³/mol. The first-order valence-electron chi connectivity index (χ1n) is 8.04. The molecule has 3 heterocycles. The molecule has 0 saturated carbocycles. The van der Waals surface area contributed by atoms with Gasteiger partial charge in [0.15, 0.2) is 0 Å². The van der Waals surface area contributed by atoms with Crippen LogP contribution in [0.4, 0.5) is 5.13 Å². The maximum atomic E-state index is 4.36. The average Bonchev–Trinajstić information content (AvgIpc) is 3.17. The van der Waals surface area contributed by atoms with Crippen LogP contribution in [0.3, 0.4) is 0 Å². The van der Waals surface area contributed by atoms with Gasteiger partial charge in [0, 0.05) is 31.0 Å². The second-order valence-corrected chi connectivity index (χ2v) is 7.52. The number of hydrogen-bond donors (Lipinski definition) is 0. The van der Waals surface area contributed by atoms with E-state index in [1.807, 2.05) is 6.33 Å². The van der Waals surface area contributed by atoms with Gasteiger partial charge in [0.05, 0.1) is 0 Å². The lowest BCUT2D eigenvalue weighted by Gasteiger charge is -2.31. The van der Waals surface area contributed by atoms with E-state index in [1.54, 1.807) is 11.3 Å². The fourth-order valence-corrected chi connectivity index (χ4v) is 3.76. The average molecular weight is 320 g/mol. The van der Waals surface area contributed by atoms with E-state index in [2.05, 4.69) is 57.6 Å². The van der Waals surface area contributed by atoms with E-state index in [9.17, 15) is 0 Å². The van der Waals surface area contributed by atoms with Gasteiger partial charge in [-0.2, -0.15) is 0 Å². The van der Waals surface area contributed by atoms with Crippen molar-refractivity contribution in [1.82, 2.24) is 25.0 Å². The molecule has 6 nitrogen and oxygen atoms in total. The predicted octanol–water partition coefficient (Wildman–Crippen LogP) is 3.22. The van der Waals surface area contributed by atoms with Gasteiger partial charge in [-0.3, -0.25) is 0 Å². The minimum absolute atomic E-state index is 0.416. The maximum Gasteiger partial charge on any atom is 0.208 e. The maximum absolute atomic E-state index is 4.36. The molecule has 0 N–H and O–H groups in total. The van der Waals surface area contributed by atoms with Gasteiger partial charge in [0.1, 0.15) is 17.2 Å². The van der Waals surface area contributed by atoms with Crippen LogP contribution in [0.2, 0.25) is 0 Å². The van der Waals surface area contributed by atoms with Crippen LogP contribution in [0, 0.1) is 0 Å². The van der Waals surface area contributed by atoms with Gasteiger partial charge in [0.25, 0.3) is 0 Å². The minimum Gasteiger partial charge on any atom is -0.347 e. The zero-order valence-corrected chi connectivity index (χ0v) is 14.5. The summed E-state index contributed by atoms with van der Waals surface area (Å²) in [6, 6.07) is 0.416. The highest BCUT2D eigenvalue weighted by molar-refractivity contribution is 7.15. The first kappa shape index (κ1) is 15.4. The molecule has 0 unspecified atom stereocenters. The Bertz CT molecular complexity index is 609. The van der Waals surface area contributed by atoms with Crippen molar-refractivity contribution in [3.63, 3.8) is 0 Å². The highest BCUT2D eigenvalue weighted by Gasteiger charge is 2.26. The van der Waals surface area contributed by atoms with E-state index in [4.69, 9.17) is 0 Å². The summed E-state index contributed by atoms with van der Waals surface area (Å²) in [6.45, 7) is 10.7. The molecule has 0 aliphatic carbocycles. The van der Waals surface area contributed by atoms with Crippen molar-refractivity contribution in [2.24, 2.45) is 0 Å². The SMILES string of the molecule is CC(C)c1nnc(N2CCC(c3nncn3C(C)C)CC2)s1. The van der Waals surface area contributed by atoms with Crippen LogP contribution in [-0.2, 0) is 0 Å². The fourth-order valence-electron chi connectivity index (χ4n) is 2.86. The van der Waals surface area contributed by atoms with E-state index < -0.39 is 0 Å². The van der Waals surface area contributed by atoms with Gasteiger partial charge in [0.2, 0.25) is 5.13 Å². The smallest absolute Gasteiger partial charge is 0.208 e. The van der Waals surface area contributed by atoms with Gasteiger partial charge in [-0.15, -0.1) is 20.4 Å². The summed E-state index contributed by atoms with van der Waals surface area (Å²) in [4.78, 5) is 2.36. The zero-order chi connectivity index (χ0) is 15.7. The van der Waals surface area contributed by atoms with Crippen LogP contribution in [0.1, 0.15) is 69.2 Å². The van der Waals surface area contributed by atoms with Crippen LogP contribution >= 0.6 is 11.3 Å². The summed E-state index contributed by atoms with van der Waals surface area (Å²) in [6.07, 6.45) is 4.05. The highest BCUT2D eigenvalue weighted by atomic mass is 32.1. The molecule has 0 bridgehead atoms. The quantitative estimate of drug-likeness (QED) is 0.865. The van der Waals surface area contributed by atoms with Gasteiger partial charge >= 0.3 is 0 Å². The van der Waals surface area contributed by atoms with E-state index in [1.165, 1.54) is 0 Å². The van der Waals surface area contributed by atoms with Crippen LogP contribution < -0.4 is 4.90 Å². The molecule has 1 aliphatic rings. The third-order valence-corrected chi connectivity index (χ3v) is 5.50. The third kappa shape index (κ3) is 2.99. The molecule has 0 amide bonds. The lowest BCUT2D eigenvalue weighted by molar-refractivity contribution is 0.448. The third-order valence-electron chi connectivity index (χ3n) is 4.21. The number of piperidine rings is 1. The van der Waals surface area contributed by atoms with E-state index in [0.29, 0.717) is 17.9 Å². The normalized spacial score (nSPS) is 16.9. The standard InChI is InChI=1S/C15H24N6S/c1-10(2)14-18-19-15(22-14)20-7-5-12(6-8-20)13-17-16-9-21(13)11(3)4/h9-12H,5-8H2,1-4H3. The van der Waals surface area contributed by atoms with Crippen LogP contribution in [0.25, 0.3) is 0 Å². The summed E-state index contributed by atoms with van der Waals surface area (Å²) in [5.74, 6) is 2.09. The summed E-state index contributed by atoms with van der Waals surface area (Å²) < 4.78 is 2.20. The molecule has 0 spiro atoms. The number of nitrogens with zero attached hydrogens (tertiary/aromatic N) is 6. The molecule has 2 aromatic rings.